The number of carbonyl (C=O) groups excluding carboxylic acids is 1. The van der Waals surface area contributed by atoms with Gasteiger partial charge in [-0.25, -0.2) is 17.5 Å². The molecule has 1 atom stereocenters. The highest BCUT2D eigenvalue weighted by molar-refractivity contribution is 7.81. The van der Waals surface area contributed by atoms with E-state index in [1.54, 1.807) is 30.3 Å². The molecule has 0 bridgehead atoms. The molecule has 9 nitrogen and oxygen atoms in total. The molecule has 0 saturated carbocycles. The van der Waals surface area contributed by atoms with Crippen molar-refractivity contribution < 1.29 is 27.7 Å². The Bertz CT molecular complexity index is 1590. The number of carbonyl (C=O) groups is 1. The zero-order valence-electron chi connectivity index (χ0n) is 18.3. The van der Waals surface area contributed by atoms with Crippen LogP contribution in [0.1, 0.15) is 10.4 Å². The van der Waals surface area contributed by atoms with E-state index in [4.69, 9.17) is 4.63 Å². The Morgan fingerprint density at radius 3 is 2.31 bits per heavy atom. The zero-order valence-corrected chi connectivity index (χ0v) is 19.1. The van der Waals surface area contributed by atoms with E-state index in [1.165, 1.54) is 30.3 Å². The number of phenols is 1. The van der Waals surface area contributed by atoms with Crippen LogP contribution in [-0.2, 0) is 11.3 Å². The molecule has 11 heteroatoms. The number of rotatable bonds is 6. The minimum absolute atomic E-state index is 0.0478. The number of anilines is 3. The van der Waals surface area contributed by atoms with Gasteiger partial charge in [0.15, 0.2) is 0 Å². The quantitative estimate of drug-likeness (QED) is 0.212. The maximum atomic E-state index is 13.3. The second-order valence-electron chi connectivity index (χ2n) is 7.70. The summed E-state index contributed by atoms with van der Waals surface area (Å²) >= 11 is -2.58. The van der Waals surface area contributed by atoms with Crippen molar-refractivity contribution in [3.05, 3.63) is 96.3 Å². The highest BCUT2D eigenvalue weighted by atomic mass is 32.2. The van der Waals surface area contributed by atoms with Crippen LogP contribution in [-0.4, -0.2) is 30.1 Å². The molecule has 0 aliphatic heterocycles. The molecule has 0 radical (unpaired) electrons. The van der Waals surface area contributed by atoms with E-state index in [-0.39, 0.29) is 22.8 Å². The molecule has 5 rings (SSSR count). The third kappa shape index (κ3) is 4.65. The van der Waals surface area contributed by atoms with Gasteiger partial charge in [-0.05, 0) is 88.2 Å². The van der Waals surface area contributed by atoms with Gasteiger partial charge in [0.05, 0.1) is 5.69 Å². The summed E-state index contributed by atoms with van der Waals surface area (Å²) < 4.78 is 40.8. The number of aromatic hydroxyl groups is 1. The molecule has 0 aliphatic carbocycles. The summed E-state index contributed by atoms with van der Waals surface area (Å²) in [5.74, 6) is -1.24. The first kappa shape index (κ1) is 23.1. The maximum absolute atomic E-state index is 13.3. The van der Waals surface area contributed by atoms with Crippen LogP contribution in [0.4, 0.5) is 21.5 Å². The van der Waals surface area contributed by atoms with Gasteiger partial charge in [0.1, 0.15) is 28.3 Å². The summed E-state index contributed by atoms with van der Waals surface area (Å²) in [4.78, 5) is 12.8. The lowest BCUT2D eigenvalue weighted by atomic mass is 10.0. The Morgan fingerprint density at radius 1 is 0.889 bits per heavy atom. The van der Waals surface area contributed by atoms with E-state index >= 15 is 0 Å². The van der Waals surface area contributed by atoms with Gasteiger partial charge in [0.25, 0.3) is 17.2 Å². The van der Waals surface area contributed by atoms with Crippen LogP contribution in [0.2, 0.25) is 0 Å². The topological polar surface area (TPSA) is 129 Å². The molecule has 0 saturated heterocycles. The molecule has 36 heavy (non-hydrogen) atoms. The van der Waals surface area contributed by atoms with E-state index in [0.29, 0.717) is 16.6 Å². The average Bonchev–Trinajstić information content (AvgIpc) is 3.35. The molecule has 1 heterocycles. The van der Waals surface area contributed by atoms with Crippen LogP contribution in [0.25, 0.3) is 22.2 Å². The van der Waals surface area contributed by atoms with Crippen LogP contribution in [0.3, 0.4) is 0 Å². The minimum atomic E-state index is -2.58. The van der Waals surface area contributed by atoms with Crippen molar-refractivity contribution in [2.45, 2.75) is 0 Å². The van der Waals surface area contributed by atoms with Gasteiger partial charge in [-0.2, -0.15) is 0 Å². The lowest BCUT2D eigenvalue weighted by Gasteiger charge is -2.21. The van der Waals surface area contributed by atoms with Crippen molar-refractivity contribution in [1.29, 1.82) is 0 Å². The Morgan fingerprint density at radius 2 is 1.58 bits per heavy atom. The van der Waals surface area contributed by atoms with E-state index in [0.717, 1.165) is 27.6 Å². The Hall–Kier alpha value is -4.61. The maximum Gasteiger partial charge on any atom is 0.266 e. The summed E-state index contributed by atoms with van der Waals surface area (Å²) in [5.41, 5.74) is 3.79. The fraction of sp³-hybridized carbons (Fsp3) is 0. The van der Waals surface area contributed by atoms with Gasteiger partial charge in [0.2, 0.25) is 0 Å². The SMILES string of the molecule is O=C(Nc1ccc(O)c(N(c2ccc(F)cc2)S(=O)O)c1)c1ccc(-c2ccc3nonc3c2)cc1. The normalized spacial score (nSPS) is 11.8. The average molecular weight is 504 g/mol. The summed E-state index contributed by atoms with van der Waals surface area (Å²) in [6.45, 7) is 0. The van der Waals surface area contributed by atoms with Gasteiger partial charge < -0.3 is 10.4 Å². The lowest BCUT2D eigenvalue weighted by Crippen LogP contribution is -2.20. The standard InChI is InChI=1S/C25H17FN4O5S/c26-18-6-9-20(10-7-18)30(36(33)34)23-14-19(8-12-24(23)31)27-25(32)16-3-1-15(2-4-16)17-5-11-21-22(13-17)29-35-28-21/h1-14,31H,(H,27,32)(H,33,34). The van der Waals surface area contributed by atoms with Crippen molar-refractivity contribution in [3.8, 4) is 16.9 Å². The number of benzene rings is 4. The number of nitrogens with one attached hydrogen (secondary N) is 1. The van der Waals surface area contributed by atoms with Gasteiger partial charge in [-0.15, -0.1) is 0 Å². The number of amides is 1. The van der Waals surface area contributed by atoms with Gasteiger partial charge in [-0.3, -0.25) is 9.35 Å². The van der Waals surface area contributed by atoms with Crippen molar-refractivity contribution in [2.24, 2.45) is 0 Å². The summed E-state index contributed by atoms with van der Waals surface area (Å²) in [7, 11) is 0. The van der Waals surface area contributed by atoms with Crippen molar-refractivity contribution in [1.82, 2.24) is 10.3 Å². The van der Waals surface area contributed by atoms with E-state index in [2.05, 4.69) is 15.6 Å². The van der Waals surface area contributed by atoms with Gasteiger partial charge in [0, 0.05) is 11.3 Å². The first-order valence-corrected chi connectivity index (χ1v) is 11.6. The number of halogens is 1. The molecule has 3 N–H and O–H groups in total. The van der Waals surface area contributed by atoms with E-state index in [9.17, 15) is 23.1 Å². The smallest absolute Gasteiger partial charge is 0.266 e. The number of phenolic OH excluding ortho intramolecular Hbond substituents is 1. The molecule has 0 aliphatic rings. The third-order valence-corrected chi connectivity index (χ3v) is 6.12. The summed E-state index contributed by atoms with van der Waals surface area (Å²) in [6, 6.07) is 21.3. The molecule has 5 aromatic rings. The molecule has 0 fully saturated rings. The molecule has 180 valence electrons. The van der Waals surface area contributed by atoms with E-state index < -0.39 is 23.0 Å². The largest absolute Gasteiger partial charge is 0.506 e. The third-order valence-electron chi connectivity index (χ3n) is 5.40. The molecule has 0 spiro atoms. The second-order valence-corrected chi connectivity index (χ2v) is 8.53. The fourth-order valence-electron chi connectivity index (χ4n) is 3.63. The van der Waals surface area contributed by atoms with Crippen LogP contribution in [0.5, 0.6) is 5.75 Å². The second kappa shape index (κ2) is 9.56. The van der Waals surface area contributed by atoms with Crippen molar-refractivity contribution in [3.63, 3.8) is 0 Å². The number of hydrogen-bond donors (Lipinski definition) is 3. The number of nitrogens with zero attached hydrogens (tertiary/aromatic N) is 3. The molecule has 1 amide bonds. The minimum Gasteiger partial charge on any atom is -0.506 e. The zero-order chi connectivity index (χ0) is 25.2. The Labute approximate surface area is 206 Å². The summed E-state index contributed by atoms with van der Waals surface area (Å²) in [6.07, 6.45) is 0. The molecule has 4 aromatic carbocycles. The molecular weight excluding hydrogens is 487 g/mol. The first-order chi connectivity index (χ1) is 17.4. The van der Waals surface area contributed by atoms with Crippen molar-refractivity contribution in [2.75, 3.05) is 9.62 Å². The highest BCUT2D eigenvalue weighted by Crippen LogP contribution is 2.36. The Balaban J connectivity index is 1.37. The van der Waals surface area contributed by atoms with Gasteiger partial charge >= 0.3 is 0 Å². The first-order valence-electron chi connectivity index (χ1n) is 10.5. The molecule has 1 unspecified atom stereocenters. The van der Waals surface area contributed by atoms with Crippen LogP contribution < -0.4 is 9.62 Å². The highest BCUT2D eigenvalue weighted by Gasteiger charge is 2.20. The lowest BCUT2D eigenvalue weighted by molar-refractivity contribution is 0.102. The van der Waals surface area contributed by atoms with Crippen molar-refractivity contribution >= 4 is 45.3 Å². The number of fused-ring (bicyclic) bond motifs is 1. The molecular formula is C25H17FN4O5S. The van der Waals surface area contributed by atoms with Crippen LogP contribution in [0, 0.1) is 5.82 Å². The molecule has 1 aromatic heterocycles. The van der Waals surface area contributed by atoms with Crippen LogP contribution >= 0.6 is 0 Å². The van der Waals surface area contributed by atoms with Gasteiger partial charge in [-0.1, -0.05) is 18.2 Å². The number of aromatic nitrogens is 2. The Kier molecular flexibility index (Phi) is 6.15. The predicted molar refractivity (Wildman–Crippen MR) is 133 cm³/mol. The number of hydrogen-bond acceptors (Lipinski definition) is 6. The predicted octanol–water partition coefficient (Wildman–Crippen LogP) is 5.26. The fourth-order valence-corrected chi connectivity index (χ4v) is 4.25. The van der Waals surface area contributed by atoms with Crippen LogP contribution in [0.15, 0.2) is 89.6 Å². The monoisotopic (exact) mass is 504 g/mol. The van der Waals surface area contributed by atoms with E-state index in [1.807, 2.05) is 12.1 Å². The summed E-state index contributed by atoms with van der Waals surface area (Å²) in [5, 5.41) is 20.7.